The maximum atomic E-state index is 13.4. The molecule has 0 spiro atoms. The highest BCUT2D eigenvalue weighted by molar-refractivity contribution is 5.76. The van der Waals surface area contributed by atoms with Gasteiger partial charge in [-0.3, -0.25) is 4.79 Å². The third-order valence-electron chi connectivity index (χ3n) is 17.8. The molecule has 19 heteroatoms. The van der Waals surface area contributed by atoms with E-state index in [1.807, 2.05) is 0 Å². The van der Waals surface area contributed by atoms with E-state index in [0.717, 1.165) is 51.4 Å². The molecule has 12 N–H and O–H groups in total. The number of unbranched alkanes of at least 4 members (excludes halogenated alkanes) is 34. The van der Waals surface area contributed by atoms with Crippen molar-refractivity contribution < 1.29 is 89.4 Å². The van der Waals surface area contributed by atoms with Gasteiger partial charge >= 0.3 is 0 Å². The lowest BCUT2D eigenvalue weighted by molar-refractivity contribution is -0.379. The summed E-state index contributed by atoms with van der Waals surface area (Å²) in [6.45, 7) is 1.81. The Hall–Kier alpha value is -1.73. The summed E-state index contributed by atoms with van der Waals surface area (Å²) in [6, 6.07) is -0.885. The Morgan fingerprint density at radius 3 is 1.17 bits per heavy atom. The normalized spacial score (nSPS) is 28.7. The number of amides is 1. The maximum Gasteiger partial charge on any atom is 0.220 e. The van der Waals surface area contributed by atoms with Crippen LogP contribution in [0.2, 0.25) is 0 Å². The second kappa shape index (κ2) is 50.8. The lowest BCUT2D eigenvalue weighted by Gasteiger charge is -2.48. The molecule has 3 fully saturated rings. The number of carbonyl (C=O) groups excluding carboxylic acids is 1. The first-order chi connectivity index (χ1) is 42.3. The molecule has 0 saturated carbocycles. The fourth-order valence-corrected chi connectivity index (χ4v) is 12.1. The first-order valence-electron chi connectivity index (χ1n) is 35.1. The molecule has 3 aliphatic heterocycles. The van der Waals surface area contributed by atoms with Gasteiger partial charge in [-0.1, -0.05) is 244 Å². The molecule has 0 aromatic rings. The van der Waals surface area contributed by atoms with Gasteiger partial charge in [0, 0.05) is 6.42 Å². The summed E-state index contributed by atoms with van der Waals surface area (Å²) < 4.78 is 34.4. The largest absolute Gasteiger partial charge is 0.394 e. The first-order valence-corrected chi connectivity index (χ1v) is 35.1. The molecular weight excluding hydrogens is 1120 g/mol. The second-order valence-corrected chi connectivity index (χ2v) is 25.3. The van der Waals surface area contributed by atoms with E-state index in [2.05, 4.69) is 43.5 Å². The van der Waals surface area contributed by atoms with Gasteiger partial charge in [0.15, 0.2) is 18.9 Å². The third kappa shape index (κ3) is 33.1. The van der Waals surface area contributed by atoms with E-state index in [1.165, 1.54) is 186 Å². The van der Waals surface area contributed by atoms with Crippen molar-refractivity contribution in [2.45, 2.75) is 375 Å². The zero-order valence-electron chi connectivity index (χ0n) is 54.0. The summed E-state index contributed by atoms with van der Waals surface area (Å²) in [6.07, 6.45) is 29.7. The lowest BCUT2D eigenvalue weighted by atomic mass is 9.96. The van der Waals surface area contributed by atoms with Gasteiger partial charge in [-0.05, 0) is 44.9 Å². The van der Waals surface area contributed by atoms with E-state index in [0.29, 0.717) is 12.8 Å². The van der Waals surface area contributed by atoms with Gasteiger partial charge in [-0.15, -0.1) is 0 Å². The molecule has 0 bridgehead atoms. The average Bonchev–Trinajstić information content (AvgIpc) is 1.10. The minimum atomic E-state index is -1.97. The van der Waals surface area contributed by atoms with Crippen molar-refractivity contribution in [1.82, 2.24) is 5.32 Å². The van der Waals surface area contributed by atoms with Gasteiger partial charge in [-0.25, -0.2) is 0 Å². The smallest absolute Gasteiger partial charge is 0.220 e. The van der Waals surface area contributed by atoms with Crippen LogP contribution in [-0.2, 0) is 33.2 Å². The summed E-state index contributed by atoms with van der Waals surface area (Å²) in [5.41, 5.74) is 0. The van der Waals surface area contributed by atoms with Crippen molar-refractivity contribution in [2.75, 3.05) is 26.4 Å². The SMILES string of the molecule is CCCCCCC/C=C\C/C=C\CCCCCCCCCCCCCCCCCC(=O)NC(COC1OC(CO)C(OC2OC(CO)C(OC3OC(CO)C(O)C(O)C3O)C(O)C2O)C(O)C1O)C(O)CCCCCCCCCCCCCCCCC. The Labute approximate surface area is 524 Å². The Balaban J connectivity index is 1.40. The predicted octanol–water partition coefficient (Wildman–Crippen LogP) is 9.05. The van der Waals surface area contributed by atoms with E-state index in [9.17, 15) is 61.0 Å². The number of ether oxygens (including phenoxy) is 6. The first kappa shape index (κ1) is 79.5. The summed E-state index contributed by atoms with van der Waals surface area (Å²) in [5, 5.41) is 121. The molecule has 1 amide bonds. The number of nitrogens with one attached hydrogen (secondary N) is 1. The van der Waals surface area contributed by atoms with Crippen molar-refractivity contribution in [3.05, 3.63) is 24.3 Å². The van der Waals surface area contributed by atoms with Crippen LogP contribution in [0.4, 0.5) is 0 Å². The number of aliphatic hydroxyl groups excluding tert-OH is 11. The molecule has 87 heavy (non-hydrogen) atoms. The van der Waals surface area contributed by atoms with Crippen molar-refractivity contribution in [3.8, 4) is 0 Å². The Bertz CT molecular complexity index is 1680. The zero-order valence-corrected chi connectivity index (χ0v) is 54.0. The number of hydrogen-bond donors (Lipinski definition) is 12. The molecule has 3 heterocycles. The number of hydrogen-bond acceptors (Lipinski definition) is 18. The summed E-state index contributed by atoms with van der Waals surface area (Å²) in [4.78, 5) is 13.4. The quantitative estimate of drug-likeness (QED) is 0.0200. The maximum absolute atomic E-state index is 13.4. The number of carbonyl (C=O) groups is 1. The fourth-order valence-electron chi connectivity index (χ4n) is 12.1. The number of rotatable bonds is 54. The second-order valence-electron chi connectivity index (χ2n) is 25.3. The molecule has 0 aliphatic carbocycles. The van der Waals surface area contributed by atoms with Crippen LogP contribution in [0.25, 0.3) is 0 Å². The van der Waals surface area contributed by atoms with Crippen LogP contribution in [-0.4, -0.2) is 193 Å². The Morgan fingerprint density at radius 2 is 0.759 bits per heavy atom. The van der Waals surface area contributed by atoms with Gasteiger partial charge in [0.1, 0.15) is 73.2 Å². The lowest BCUT2D eigenvalue weighted by Crippen LogP contribution is -2.66. The molecule has 17 unspecified atom stereocenters. The van der Waals surface area contributed by atoms with Crippen LogP contribution >= 0.6 is 0 Å². The van der Waals surface area contributed by atoms with Gasteiger partial charge in [0.25, 0.3) is 0 Å². The van der Waals surface area contributed by atoms with Gasteiger partial charge in [0.2, 0.25) is 5.91 Å². The van der Waals surface area contributed by atoms with Crippen molar-refractivity contribution in [1.29, 1.82) is 0 Å². The molecule has 3 aliphatic rings. The van der Waals surface area contributed by atoms with Gasteiger partial charge in [-0.2, -0.15) is 0 Å². The van der Waals surface area contributed by atoms with Crippen molar-refractivity contribution in [2.24, 2.45) is 0 Å². The molecule has 512 valence electrons. The van der Waals surface area contributed by atoms with Crippen LogP contribution in [0.15, 0.2) is 24.3 Å². The van der Waals surface area contributed by atoms with Crippen LogP contribution in [0.5, 0.6) is 0 Å². The Morgan fingerprint density at radius 1 is 0.414 bits per heavy atom. The highest BCUT2D eigenvalue weighted by Crippen LogP contribution is 2.33. The molecule has 3 rings (SSSR count). The molecule has 0 aromatic heterocycles. The fraction of sp³-hybridized carbons (Fsp3) is 0.926. The topological polar surface area (TPSA) is 307 Å². The van der Waals surface area contributed by atoms with Crippen LogP contribution in [0.1, 0.15) is 271 Å². The third-order valence-corrected chi connectivity index (χ3v) is 17.8. The highest BCUT2D eigenvalue weighted by Gasteiger charge is 2.53. The summed E-state index contributed by atoms with van der Waals surface area (Å²) in [7, 11) is 0. The standard InChI is InChI=1S/C68H127NO18/c1-3-5-7-9-11-13-15-17-19-20-21-22-23-24-25-26-27-28-29-30-32-34-36-38-40-42-44-46-56(74)69-51(52(73)45-43-41-39-37-35-33-31-18-16-14-12-10-8-6-4-2)50-82-66-62(80)59(77)64(54(48-71)84-66)87-68-63(81)60(78)65(55(49-72)85-68)86-67-61(79)58(76)57(75)53(47-70)83-67/h15,17,20-21,51-55,57-68,70-73,75-81H,3-14,16,18-19,22-50H2,1-2H3,(H,69,74)/b17-15-,21-20-. The van der Waals surface area contributed by atoms with E-state index in [4.69, 9.17) is 28.4 Å². The highest BCUT2D eigenvalue weighted by atomic mass is 16.8. The monoisotopic (exact) mass is 1250 g/mol. The minimum Gasteiger partial charge on any atom is -0.394 e. The van der Waals surface area contributed by atoms with Crippen molar-refractivity contribution >= 4 is 5.91 Å². The molecule has 0 aromatic carbocycles. The number of allylic oxidation sites excluding steroid dienone is 4. The van der Waals surface area contributed by atoms with Crippen LogP contribution in [0.3, 0.4) is 0 Å². The van der Waals surface area contributed by atoms with Crippen LogP contribution < -0.4 is 5.32 Å². The molecular formula is C68H127NO18. The van der Waals surface area contributed by atoms with E-state index in [1.54, 1.807) is 0 Å². The predicted molar refractivity (Wildman–Crippen MR) is 337 cm³/mol. The average molecular weight is 1250 g/mol. The van der Waals surface area contributed by atoms with Gasteiger partial charge < -0.3 is 89.9 Å². The summed E-state index contributed by atoms with van der Waals surface area (Å²) >= 11 is 0. The molecule has 3 saturated heterocycles. The molecule has 0 radical (unpaired) electrons. The Kier molecular flexibility index (Phi) is 46.4. The molecule has 17 atom stereocenters. The van der Waals surface area contributed by atoms with E-state index < -0.39 is 124 Å². The van der Waals surface area contributed by atoms with E-state index in [-0.39, 0.29) is 18.9 Å². The summed E-state index contributed by atoms with van der Waals surface area (Å²) in [5.74, 6) is -0.240. The zero-order chi connectivity index (χ0) is 63.3. The van der Waals surface area contributed by atoms with Crippen molar-refractivity contribution in [3.63, 3.8) is 0 Å². The number of aliphatic hydroxyl groups is 11. The molecule has 19 nitrogen and oxygen atoms in total. The minimum absolute atomic E-state index is 0.240. The van der Waals surface area contributed by atoms with Crippen LogP contribution in [0, 0.1) is 0 Å². The van der Waals surface area contributed by atoms with Gasteiger partial charge in [0.05, 0.1) is 38.6 Å². The van der Waals surface area contributed by atoms with E-state index >= 15 is 0 Å².